The van der Waals surface area contributed by atoms with Crippen molar-refractivity contribution < 1.29 is 19.1 Å². The standard InChI is InChI=1S/C21H24N4O4S2/c1-12-6-7-13(2)16(8-12)29-10-17-23-24-21(25(17)4)30-11-18(26)22-19-15(20(27)28-5)9-14(3)31-19/h6-9H,10-11H2,1-5H3,(H,22,26). The Balaban J connectivity index is 1.58. The van der Waals surface area contributed by atoms with Crippen molar-refractivity contribution in [3.8, 4) is 5.75 Å². The molecule has 2 heterocycles. The molecule has 0 atom stereocenters. The second-order valence-electron chi connectivity index (χ2n) is 6.94. The summed E-state index contributed by atoms with van der Waals surface area (Å²) in [7, 11) is 3.15. The molecule has 0 aliphatic heterocycles. The monoisotopic (exact) mass is 460 g/mol. The largest absolute Gasteiger partial charge is 0.485 e. The molecule has 0 radical (unpaired) electrons. The van der Waals surface area contributed by atoms with Crippen LogP contribution in [-0.2, 0) is 23.2 Å². The van der Waals surface area contributed by atoms with Gasteiger partial charge in [-0.2, -0.15) is 0 Å². The van der Waals surface area contributed by atoms with Gasteiger partial charge >= 0.3 is 5.97 Å². The average Bonchev–Trinajstić information content (AvgIpc) is 3.28. The Bertz CT molecular complexity index is 1110. The van der Waals surface area contributed by atoms with Gasteiger partial charge in [-0.05, 0) is 44.0 Å². The lowest BCUT2D eigenvalue weighted by atomic mass is 10.1. The minimum absolute atomic E-state index is 0.126. The summed E-state index contributed by atoms with van der Waals surface area (Å²) < 4.78 is 12.5. The number of ether oxygens (including phenoxy) is 2. The molecule has 1 amide bonds. The molecule has 8 nitrogen and oxygen atoms in total. The van der Waals surface area contributed by atoms with Crippen LogP contribution in [0.1, 0.15) is 32.2 Å². The average molecular weight is 461 g/mol. The Morgan fingerprint density at radius 3 is 2.71 bits per heavy atom. The fourth-order valence-corrected chi connectivity index (χ4v) is 4.41. The molecule has 31 heavy (non-hydrogen) atoms. The van der Waals surface area contributed by atoms with Gasteiger partial charge in [0.2, 0.25) is 5.91 Å². The highest BCUT2D eigenvalue weighted by Gasteiger charge is 2.18. The topological polar surface area (TPSA) is 95.3 Å². The van der Waals surface area contributed by atoms with Crippen molar-refractivity contribution in [2.45, 2.75) is 32.5 Å². The second kappa shape index (κ2) is 9.97. The fourth-order valence-electron chi connectivity index (χ4n) is 2.76. The number of carbonyl (C=O) groups excluding carboxylic acids is 2. The summed E-state index contributed by atoms with van der Waals surface area (Å²) in [6.45, 7) is 6.15. The smallest absolute Gasteiger partial charge is 0.340 e. The van der Waals surface area contributed by atoms with Gasteiger partial charge < -0.3 is 19.4 Å². The molecule has 0 bridgehead atoms. The maximum absolute atomic E-state index is 12.4. The Labute approximate surface area is 189 Å². The van der Waals surface area contributed by atoms with Gasteiger partial charge in [0.25, 0.3) is 0 Å². The number of aromatic nitrogens is 3. The summed E-state index contributed by atoms with van der Waals surface area (Å²) in [5.41, 5.74) is 2.53. The first kappa shape index (κ1) is 22.8. The number of aryl methyl sites for hydroxylation is 3. The minimum Gasteiger partial charge on any atom is -0.485 e. The number of hydrogen-bond acceptors (Lipinski definition) is 8. The summed E-state index contributed by atoms with van der Waals surface area (Å²) in [5.74, 6) is 0.874. The van der Waals surface area contributed by atoms with Crippen LogP contribution in [0.5, 0.6) is 5.75 Å². The number of carbonyl (C=O) groups is 2. The number of methoxy groups -OCH3 is 1. The molecular weight excluding hydrogens is 436 g/mol. The van der Waals surface area contributed by atoms with Gasteiger partial charge in [-0.3, -0.25) is 4.79 Å². The van der Waals surface area contributed by atoms with Crippen LogP contribution >= 0.6 is 23.1 Å². The quantitative estimate of drug-likeness (QED) is 0.402. The van der Waals surface area contributed by atoms with Crippen LogP contribution in [0, 0.1) is 20.8 Å². The summed E-state index contributed by atoms with van der Waals surface area (Å²) >= 11 is 2.59. The van der Waals surface area contributed by atoms with E-state index in [2.05, 4.69) is 15.5 Å². The third kappa shape index (κ3) is 5.65. The maximum Gasteiger partial charge on any atom is 0.340 e. The van der Waals surface area contributed by atoms with Gasteiger partial charge in [0.1, 0.15) is 17.4 Å². The zero-order valence-corrected chi connectivity index (χ0v) is 19.6. The molecule has 0 saturated heterocycles. The number of nitrogens with zero attached hydrogens (tertiary/aromatic N) is 3. The van der Waals surface area contributed by atoms with Crippen LogP contribution in [0.2, 0.25) is 0 Å². The molecule has 0 aliphatic rings. The van der Waals surface area contributed by atoms with Crippen molar-refractivity contribution in [2.75, 3.05) is 18.2 Å². The van der Waals surface area contributed by atoms with E-state index >= 15 is 0 Å². The summed E-state index contributed by atoms with van der Waals surface area (Å²) in [4.78, 5) is 25.2. The van der Waals surface area contributed by atoms with Crippen molar-refractivity contribution in [2.24, 2.45) is 7.05 Å². The van der Waals surface area contributed by atoms with Gasteiger partial charge in [0.05, 0.1) is 18.4 Å². The van der Waals surface area contributed by atoms with Crippen LogP contribution in [0.25, 0.3) is 0 Å². The fraction of sp³-hybridized carbons (Fsp3) is 0.333. The van der Waals surface area contributed by atoms with Crippen molar-refractivity contribution >= 4 is 40.0 Å². The Morgan fingerprint density at radius 2 is 1.97 bits per heavy atom. The van der Waals surface area contributed by atoms with E-state index in [1.165, 1.54) is 30.2 Å². The number of anilines is 1. The number of rotatable bonds is 8. The first-order valence-electron chi connectivity index (χ1n) is 9.48. The van der Waals surface area contributed by atoms with E-state index in [4.69, 9.17) is 9.47 Å². The molecule has 0 aliphatic carbocycles. The zero-order valence-electron chi connectivity index (χ0n) is 18.0. The van der Waals surface area contributed by atoms with Crippen LogP contribution in [0.3, 0.4) is 0 Å². The SMILES string of the molecule is COC(=O)c1cc(C)sc1NC(=O)CSc1nnc(COc2cc(C)ccc2C)n1C. The van der Waals surface area contributed by atoms with E-state index in [-0.39, 0.29) is 18.3 Å². The Kier molecular flexibility index (Phi) is 7.34. The van der Waals surface area contributed by atoms with Crippen LogP contribution in [0.15, 0.2) is 29.4 Å². The van der Waals surface area contributed by atoms with Crippen LogP contribution < -0.4 is 10.1 Å². The lowest BCUT2D eigenvalue weighted by Gasteiger charge is -2.10. The van der Waals surface area contributed by atoms with E-state index in [9.17, 15) is 9.59 Å². The molecule has 3 aromatic rings. The van der Waals surface area contributed by atoms with E-state index in [1.807, 2.05) is 46.0 Å². The summed E-state index contributed by atoms with van der Waals surface area (Å²) in [6.07, 6.45) is 0. The van der Waals surface area contributed by atoms with Gasteiger partial charge in [-0.15, -0.1) is 21.5 Å². The van der Waals surface area contributed by atoms with Gasteiger partial charge in [0.15, 0.2) is 11.0 Å². The molecule has 3 rings (SSSR count). The zero-order chi connectivity index (χ0) is 22.5. The highest BCUT2D eigenvalue weighted by molar-refractivity contribution is 7.99. The molecule has 10 heteroatoms. The molecule has 0 saturated carbocycles. The molecular formula is C21H24N4O4S2. The van der Waals surface area contributed by atoms with Crippen molar-refractivity contribution in [1.82, 2.24) is 14.8 Å². The highest BCUT2D eigenvalue weighted by atomic mass is 32.2. The van der Waals surface area contributed by atoms with Gasteiger partial charge in [0, 0.05) is 11.9 Å². The van der Waals surface area contributed by atoms with Gasteiger partial charge in [-0.25, -0.2) is 4.79 Å². The first-order chi connectivity index (χ1) is 14.8. The van der Waals surface area contributed by atoms with Crippen LogP contribution in [0.4, 0.5) is 5.00 Å². The number of thiophene rings is 1. The predicted octanol–water partition coefficient (Wildman–Crippen LogP) is 3.90. The van der Waals surface area contributed by atoms with Crippen molar-refractivity contribution in [3.05, 3.63) is 51.7 Å². The molecule has 164 valence electrons. The molecule has 0 fully saturated rings. The Hall–Kier alpha value is -2.85. The number of thioether (sulfide) groups is 1. The lowest BCUT2D eigenvalue weighted by molar-refractivity contribution is -0.113. The van der Waals surface area contributed by atoms with Gasteiger partial charge in [-0.1, -0.05) is 23.9 Å². The van der Waals surface area contributed by atoms with E-state index in [0.29, 0.717) is 21.5 Å². The predicted molar refractivity (Wildman–Crippen MR) is 121 cm³/mol. The number of amides is 1. The Morgan fingerprint density at radius 1 is 1.19 bits per heavy atom. The lowest BCUT2D eigenvalue weighted by Crippen LogP contribution is -2.16. The van der Waals surface area contributed by atoms with E-state index in [1.54, 1.807) is 10.6 Å². The third-order valence-corrected chi connectivity index (χ3v) is 6.46. The minimum atomic E-state index is -0.478. The molecule has 1 N–H and O–H groups in total. The summed E-state index contributed by atoms with van der Waals surface area (Å²) in [6, 6.07) is 7.74. The van der Waals surface area contributed by atoms with Crippen molar-refractivity contribution in [3.63, 3.8) is 0 Å². The van der Waals surface area contributed by atoms with Crippen molar-refractivity contribution in [1.29, 1.82) is 0 Å². The van der Waals surface area contributed by atoms with E-state index in [0.717, 1.165) is 21.8 Å². The molecule has 2 aromatic heterocycles. The molecule has 0 spiro atoms. The normalized spacial score (nSPS) is 10.7. The maximum atomic E-state index is 12.4. The second-order valence-corrected chi connectivity index (χ2v) is 9.14. The highest BCUT2D eigenvalue weighted by Crippen LogP contribution is 2.28. The molecule has 1 aromatic carbocycles. The number of esters is 1. The number of nitrogens with one attached hydrogen (secondary N) is 1. The third-order valence-electron chi connectivity index (χ3n) is 4.47. The summed E-state index contributed by atoms with van der Waals surface area (Å²) in [5, 5.41) is 12.2. The first-order valence-corrected chi connectivity index (χ1v) is 11.3. The van der Waals surface area contributed by atoms with Crippen LogP contribution in [-0.4, -0.2) is 39.5 Å². The van der Waals surface area contributed by atoms with E-state index < -0.39 is 5.97 Å². The number of benzene rings is 1. The molecule has 0 unspecified atom stereocenters. The number of hydrogen-bond donors (Lipinski definition) is 1.